The SMILES string of the molecule is O=C1NC2(CCNCC2)C(=O)N1c1cnc2ccccn12. The molecule has 21 heavy (non-hydrogen) atoms. The Balaban J connectivity index is 1.78. The first-order valence-corrected chi connectivity index (χ1v) is 7.01. The van der Waals surface area contributed by atoms with Crippen molar-refractivity contribution >= 4 is 23.4 Å². The molecule has 108 valence electrons. The van der Waals surface area contributed by atoms with Gasteiger partial charge in [-0.1, -0.05) is 6.07 Å². The number of carbonyl (C=O) groups excluding carboxylic acids is 2. The van der Waals surface area contributed by atoms with Crippen molar-refractivity contribution in [3.8, 4) is 0 Å². The summed E-state index contributed by atoms with van der Waals surface area (Å²) < 4.78 is 1.75. The van der Waals surface area contributed by atoms with Crippen molar-refractivity contribution in [1.82, 2.24) is 20.0 Å². The first kappa shape index (κ1) is 12.3. The van der Waals surface area contributed by atoms with Crippen LogP contribution in [0.15, 0.2) is 30.6 Å². The fourth-order valence-electron chi connectivity index (χ4n) is 3.11. The predicted molar refractivity (Wildman–Crippen MR) is 76.0 cm³/mol. The molecule has 2 fully saturated rings. The lowest BCUT2D eigenvalue weighted by atomic mass is 9.88. The van der Waals surface area contributed by atoms with Crippen molar-refractivity contribution in [3.05, 3.63) is 30.6 Å². The second-order valence-corrected chi connectivity index (χ2v) is 5.45. The number of amides is 3. The smallest absolute Gasteiger partial charge is 0.323 e. The van der Waals surface area contributed by atoms with Crippen LogP contribution in [-0.4, -0.2) is 40.0 Å². The number of hydrogen-bond acceptors (Lipinski definition) is 4. The van der Waals surface area contributed by atoms with Gasteiger partial charge in [0.05, 0.1) is 6.20 Å². The maximum Gasteiger partial charge on any atom is 0.330 e. The molecule has 2 aromatic heterocycles. The van der Waals surface area contributed by atoms with E-state index in [1.807, 2.05) is 18.2 Å². The maximum atomic E-state index is 12.8. The second kappa shape index (κ2) is 4.29. The summed E-state index contributed by atoms with van der Waals surface area (Å²) in [5, 5.41) is 6.09. The van der Waals surface area contributed by atoms with E-state index in [9.17, 15) is 9.59 Å². The molecule has 0 unspecified atom stereocenters. The molecule has 0 saturated carbocycles. The van der Waals surface area contributed by atoms with E-state index in [1.54, 1.807) is 16.8 Å². The van der Waals surface area contributed by atoms with Gasteiger partial charge in [-0.2, -0.15) is 0 Å². The molecule has 2 aliphatic heterocycles. The van der Waals surface area contributed by atoms with Gasteiger partial charge in [-0.05, 0) is 38.1 Å². The Morgan fingerprint density at radius 3 is 2.81 bits per heavy atom. The van der Waals surface area contributed by atoms with Crippen LogP contribution in [0.2, 0.25) is 0 Å². The molecule has 2 N–H and O–H groups in total. The van der Waals surface area contributed by atoms with E-state index in [0.29, 0.717) is 24.3 Å². The van der Waals surface area contributed by atoms with Crippen LogP contribution in [0.4, 0.5) is 10.6 Å². The van der Waals surface area contributed by atoms with Crippen LogP contribution in [0.25, 0.3) is 5.65 Å². The highest BCUT2D eigenvalue weighted by Crippen LogP contribution is 2.30. The van der Waals surface area contributed by atoms with Crippen molar-refractivity contribution in [2.45, 2.75) is 18.4 Å². The average Bonchev–Trinajstić information content (AvgIpc) is 3.01. The molecular formula is C14H15N5O2. The minimum atomic E-state index is -0.763. The molecule has 3 amide bonds. The summed E-state index contributed by atoms with van der Waals surface area (Å²) in [4.78, 5) is 30.6. The summed E-state index contributed by atoms with van der Waals surface area (Å²) in [6.07, 6.45) is 4.59. The molecule has 0 bridgehead atoms. The number of imide groups is 1. The van der Waals surface area contributed by atoms with Gasteiger partial charge >= 0.3 is 6.03 Å². The molecule has 0 radical (unpaired) electrons. The third-order valence-corrected chi connectivity index (χ3v) is 4.25. The summed E-state index contributed by atoms with van der Waals surface area (Å²) in [6, 6.07) is 5.18. The zero-order valence-corrected chi connectivity index (χ0v) is 11.4. The number of fused-ring (bicyclic) bond motifs is 1. The maximum absolute atomic E-state index is 12.8. The first-order chi connectivity index (χ1) is 10.2. The molecule has 7 heteroatoms. The fraction of sp³-hybridized carbons (Fsp3) is 0.357. The molecule has 0 aromatic carbocycles. The number of nitrogens with zero attached hydrogens (tertiary/aromatic N) is 3. The van der Waals surface area contributed by atoms with Crippen LogP contribution >= 0.6 is 0 Å². The second-order valence-electron chi connectivity index (χ2n) is 5.45. The van der Waals surface area contributed by atoms with E-state index in [1.165, 1.54) is 4.90 Å². The molecule has 7 nitrogen and oxygen atoms in total. The molecule has 1 spiro atoms. The summed E-state index contributed by atoms with van der Waals surface area (Å²) >= 11 is 0. The van der Waals surface area contributed by atoms with E-state index >= 15 is 0 Å². The number of imidazole rings is 1. The Morgan fingerprint density at radius 2 is 2.00 bits per heavy atom. The first-order valence-electron chi connectivity index (χ1n) is 7.01. The molecule has 2 aliphatic rings. The Labute approximate surface area is 120 Å². The molecule has 4 rings (SSSR count). The third kappa shape index (κ3) is 1.67. The lowest BCUT2D eigenvalue weighted by molar-refractivity contribution is -0.123. The van der Waals surface area contributed by atoms with E-state index < -0.39 is 5.54 Å². The van der Waals surface area contributed by atoms with Gasteiger partial charge in [0.15, 0.2) is 0 Å². The summed E-state index contributed by atoms with van der Waals surface area (Å²) in [6.45, 7) is 1.46. The number of rotatable bonds is 1. The zero-order valence-electron chi connectivity index (χ0n) is 11.4. The van der Waals surface area contributed by atoms with E-state index in [2.05, 4.69) is 15.6 Å². The lowest BCUT2D eigenvalue weighted by Gasteiger charge is -2.30. The van der Waals surface area contributed by atoms with Gasteiger partial charge in [0.25, 0.3) is 5.91 Å². The van der Waals surface area contributed by atoms with Crippen molar-refractivity contribution in [3.63, 3.8) is 0 Å². The van der Waals surface area contributed by atoms with Gasteiger partial charge in [-0.15, -0.1) is 0 Å². The average molecular weight is 285 g/mol. The van der Waals surface area contributed by atoms with E-state index in [0.717, 1.165) is 13.1 Å². The van der Waals surface area contributed by atoms with Gasteiger partial charge in [0.1, 0.15) is 17.0 Å². The van der Waals surface area contributed by atoms with Crippen LogP contribution in [0.1, 0.15) is 12.8 Å². The van der Waals surface area contributed by atoms with Gasteiger partial charge in [0, 0.05) is 6.20 Å². The van der Waals surface area contributed by atoms with Crippen molar-refractivity contribution in [1.29, 1.82) is 0 Å². The molecule has 0 aliphatic carbocycles. The van der Waals surface area contributed by atoms with Crippen LogP contribution < -0.4 is 15.5 Å². The number of pyridine rings is 1. The summed E-state index contributed by atoms with van der Waals surface area (Å²) in [7, 11) is 0. The standard InChI is InChI=1S/C14H15N5O2/c20-12-14(4-6-15-7-5-14)17-13(21)19(12)11-9-16-10-3-1-2-8-18(10)11/h1-3,8-9,15H,4-7H2,(H,17,21). The van der Waals surface area contributed by atoms with Crippen LogP contribution in [0.5, 0.6) is 0 Å². The molecular weight excluding hydrogens is 270 g/mol. The number of piperidine rings is 1. The van der Waals surface area contributed by atoms with Gasteiger partial charge in [-0.25, -0.2) is 14.7 Å². The van der Waals surface area contributed by atoms with Crippen molar-refractivity contribution in [2.24, 2.45) is 0 Å². The van der Waals surface area contributed by atoms with Gasteiger partial charge < -0.3 is 10.6 Å². The third-order valence-electron chi connectivity index (χ3n) is 4.25. The van der Waals surface area contributed by atoms with Crippen molar-refractivity contribution < 1.29 is 9.59 Å². The molecule has 2 aromatic rings. The van der Waals surface area contributed by atoms with E-state index in [4.69, 9.17) is 0 Å². The van der Waals surface area contributed by atoms with Crippen LogP contribution in [0.3, 0.4) is 0 Å². The largest absolute Gasteiger partial charge is 0.330 e. The Bertz CT molecular complexity index is 732. The molecule has 2 saturated heterocycles. The van der Waals surface area contributed by atoms with Crippen LogP contribution in [-0.2, 0) is 4.79 Å². The number of aromatic nitrogens is 2. The molecule has 4 heterocycles. The monoisotopic (exact) mass is 285 g/mol. The fourth-order valence-corrected chi connectivity index (χ4v) is 3.11. The zero-order chi connectivity index (χ0) is 14.4. The highest BCUT2D eigenvalue weighted by atomic mass is 16.2. The summed E-state index contributed by atoms with van der Waals surface area (Å²) in [5.41, 5.74) is -0.0549. The number of nitrogens with one attached hydrogen (secondary N) is 2. The van der Waals surface area contributed by atoms with Gasteiger partial charge in [0.2, 0.25) is 0 Å². The predicted octanol–water partition coefficient (Wildman–Crippen LogP) is 0.513. The Hall–Kier alpha value is -2.41. The highest BCUT2D eigenvalue weighted by molar-refractivity contribution is 6.23. The summed E-state index contributed by atoms with van der Waals surface area (Å²) in [5.74, 6) is 0.308. The number of carbonyl (C=O) groups is 2. The Kier molecular flexibility index (Phi) is 2.52. The minimum absolute atomic E-state index is 0.181. The number of hydrogen-bond donors (Lipinski definition) is 2. The topological polar surface area (TPSA) is 78.7 Å². The number of anilines is 1. The van der Waals surface area contributed by atoms with E-state index in [-0.39, 0.29) is 11.9 Å². The quantitative estimate of drug-likeness (QED) is 0.748. The highest BCUT2D eigenvalue weighted by Gasteiger charge is 2.52. The lowest BCUT2D eigenvalue weighted by Crippen LogP contribution is -2.54. The minimum Gasteiger partial charge on any atom is -0.323 e. The number of urea groups is 1. The van der Waals surface area contributed by atoms with Gasteiger partial charge in [-0.3, -0.25) is 9.20 Å². The van der Waals surface area contributed by atoms with Crippen molar-refractivity contribution in [2.75, 3.05) is 18.0 Å². The molecule has 0 atom stereocenters. The van der Waals surface area contributed by atoms with Crippen LogP contribution in [0, 0.1) is 0 Å². The normalized spacial score (nSPS) is 21.2. The Morgan fingerprint density at radius 1 is 1.19 bits per heavy atom.